The van der Waals surface area contributed by atoms with Crippen molar-refractivity contribution >= 4 is 33.8 Å². The summed E-state index contributed by atoms with van der Waals surface area (Å²) in [4.78, 5) is 4.16. The van der Waals surface area contributed by atoms with E-state index in [1.807, 2.05) is 24.5 Å². The number of hydrogen-bond acceptors (Lipinski definition) is 2. The van der Waals surface area contributed by atoms with Gasteiger partial charge in [-0.2, -0.15) is 0 Å². The Morgan fingerprint density at radius 1 is 1.24 bits per heavy atom. The molecule has 0 aliphatic heterocycles. The zero-order valence-corrected chi connectivity index (χ0v) is 13.1. The van der Waals surface area contributed by atoms with E-state index in [4.69, 9.17) is 12.2 Å². The van der Waals surface area contributed by atoms with Crippen molar-refractivity contribution in [2.45, 2.75) is 38.6 Å². The smallest absolute Gasteiger partial charge is 0.171 e. The van der Waals surface area contributed by atoms with Gasteiger partial charge in [-0.15, -0.1) is 0 Å². The molecule has 0 radical (unpaired) electrons. The maximum absolute atomic E-state index is 5.49. The number of aromatic nitrogens is 1. The molecule has 4 heteroatoms. The number of nitrogens with one attached hydrogen (secondary N) is 2. The summed E-state index contributed by atoms with van der Waals surface area (Å²) in [5.74, 6) is 0.690. The summed E-state index contributed by atoms with van der Waals surface area (Å²) in [7, 11) is 0. The van der Waals surface area contributed by atoms with Gasteiger partial charge < -0.3 is 10.6 Å². The molecule has 0 amide bonds. The van der Waals surface area contributed by atoms with Crippen molar-refractivity contribution in [3.8, 4) is 0 Å². The minimum Gasteiger partial charge on any atom is -0.359 e. The first kappa shape index (κ1) is 14.3. The Kier molecular flexibility index (Phi) is 4.34. The monoisotopic (exact) mass is 299 g/mol. The molecule has 1 aromatic heterocycles. The molecule has 1 fully saturated rings. The Balaban J connectivity index is 1.71. The van der Waals surface area contributed by atoms with E-state index in [1.54, 1.807) is 0 Å². The third kappa shape index (κ3) is 3.32. The summed E-state index contributed by atoms with van der Waals surface area (Å²) in [5.41, 5.74) is 1.04. The van der Waals surface area contributed by atoms with Crippen LogP contribution < -0.4 is 10.6 Å². The van der Waals surface area contributed by atoms with Gasteiger partial charge in [0.2, 0.25) is 0 Å². The Labute approximate surface area is 131 Å². The first-order valence-electron chi connectivity index (χ1n) is 7.64. The highest BCUT2D eigenvalue weighted by Crippen LogP contribution is 2.25. The Hall–Kier alpha value is -1.68. The van der Waals surface area contributed by atoms with E-state index in [0.29, 0.717) is 12.0 Å². The lowest BCUT2D eigenvalue weighted by Crippen LogP contribution is -2.43. The summed E-state index contributed by atoms with van der Waals surface area (Å²) in [6.07, 6.45) is 8.83. The zero-order valence-electron chi connectivity index (χ0n) is 12.3. The zero-order chi connectivity index (χ0) is 14.7. The van der Waals surface area contributed by atoms with E-state index < -0.39 is 0 Å². The first-order valence-corrected chi connectivity index (χ1v) is 8.05. The molecule has 1 heterocycles. The van der Waals surface area contributed by atoms with Crippen LogP contribution in [0.3, 0.4) is 0 Å². The highest BCUT2D eigenvalue weighted by Gasteiger charge is 2.21. The molecule has 110 valence electrons. The minimum absolute atomic E-state index is 0.496. The van der Waals surface area contributed by atoms with Crippen molar-refractivity contribution in [2.24, 2.45) is 5.92 Å². The molecule has 0 saturated heterocycles. The molecule has 0 bridgehead atoms. The Morgan fingerprint density at radius 2 is 2.10 bits per heavy atom. The van der Waals surface area contributed by atoms with Crippen LogP contribution in [0.25, 0.3) is 10.8 Å². The molecule has 2 N–H and O–H groups in total. The van der Waals surface area contributed by atoms with Crippen LogP contribution in [0.1, 0.15) is 32.6 Å². The summed E-state index contributed by atoms with van der Waals surface area (Å²) < 4.78 is 0. The molecular weight excluding hydrogens is 278 g/mol. The molecule has 3 rings (SSSR count). The van der Waals surface area contributed by atoms with Crippen molar-refractivity contribution < 1.29 is 0 Å². The number of thiocarbonyl (C=S) groups is 1. The van der Waals surface area contributed by atoms with E-state index in [2.05, 4.69) is 34.7 Å². The Bertz CT molecular complexity index is 635. The average molecular weight is 299 g/mol. The van der Waals surface area contributed by atoms with Crippen LogP contribution in [0, 0.1) is 5.92 Å². The number of benzene rings is 1. The van der Waals surface area contributed by atoms with Gasteiger partial charge in [-0.1, -0.05) is 31.9 Å². The van der Waals surface area contributed by atoms with Crippen LogP contribution >= 0.6 is 12.2 Å². The highest BCUT2D eigenvalue weighted by atomic mass is 32.1. The van der Waals surface area contributed by atoms with Crippen LogP contribution in [0.4, 0.5) is 5.69 Å². The molecule has 2 unspecified atom stereocenters. The van der Waals surface area contributed by atoms with Gasteiger partial charge in [0.1, 0.15) is 0 Å². The number of hydrogen-bond donors (Lipinski definition) is 2. The Morgan fingerprint density at radius 3 is 2.95 bits per heavy atom. The lowest BCUT2D eigenvalue weighted by molar-refractivity contribution is 0.309. The van der Waals surface area contributed by atoms with Gasteiger partial charge in [0.05, 0.1) is 0 Å². The molecule has 1 aromatic carbocycles. The fourth-order valence-corrected chi connectivity index (χ4v) is 3.35. The standard InChI is InChI=1S/C17H21N3S/c1-12-5-2-3-7-15(12)19-17(21)20-16-8-4-6-13-11-18-10-9-14(13)16/h4,6,8-12,15H,2-3,5,7H2,1H3,(H2,19,20,21). The molecule has 1 aliphatic carbocycles. The van der Waals surface area contributed by atoms with Gasteiger partial charge in [0, 0.05) is 34.9 Å². The van der Waals surface area contributed by atoms with Crippen LogP contribution in [-0.2, 0) is 0 Å². The lowest BCUT2D eigenvalue weighted by Gasteiger charge is -2.30. The van der Waals surface area contributed by atoms with E-state index >= 15 is 0 Å². The van der Waals surface area contributed by atoms with Gasteiger partial charge in [0.15, 0.2) is 5.11 Å². The number of fused-ring (bicyclic) bond motifs is 1. The number of nitrogens with zero attached hydrogens (tertiary/aromatic N) is 1. The quantitative estimate of drug-likeness (QED) is 0.819. The number of pyridine rings is 1. The van der Waals surface area contributed by atoms with Crippen molar-refractivity contribution in [1.82, 2.24) is 10.3 Å². The SMILES string of the molecule is CC1CCCCC1NC(=S)Nc1cccc2cnccc12. The van der Waals surface area contributed by atoms with Gasteiger partial charge in [-0.05, 0) is 43.1 Å². The van der Waals surface area contributed by atoms with E-state index in [0.717, 1.165) is 21.6 Å². The van der Waals surface area contributed by atoms with Gasteiger partial charge >= 0.3 is 0 Å². The number of rotatable bonds is 2. The fourth-order valence-electron chi connectivity index (χ4n) is 3.09. The normalized spacial score (nSPS) is 22.0. The molecule has 0 spiro atoms. The van der Waals surface area contributed by atoms with Crippen molar-refractivity contribution in [3.05, 3.63) is 36.7 Å². The highest BCUT2D eigenvalue weighted by molar-refractivity contribution is 7.80. The second-order valence-corrected chi connectivity index (χ2v) is 6.28. The van der Waals surface area contributed by atoms with Gasteiger partial charge in [-0.25, -0.2) is 0 Å². The molecule has 2 atom stereocenters. The summed E-state index contributed by atoms with van der Waals surface area (Å²) in [6, 6.07) is 8.66. The topological polar surface area (TPSA) is 37.0 Å². The second-order valence-electron chi connectivity index (χ2n) is 5.87. The van der Waals surface area contributed by atoms with Crippen LogP contribution in [-0.4, -0.2) is 16.1 Å². The van der Waals surface area contributed by atoms with Gasteiger partial charge in [-0.3, -0.25) is 4.98 Å². The predicted molar refractivity (Wildman–Crippen MR) is 92.5 cm³/mol. The molecular formula is C17H21N3S. The first-order chi connectivity index (χ1) is 10.2. The largest absolute Gasteiger partial charge is 0.359 e. The molecule has 1 aliphatic rings. The second kappa shape index (κ2) is 6.39. The summed E-state index contributed by atoms with van der Waals surface area (Å²) >= 11 is 5.49. The molecule has 3 nitrogen and oxygen atoms in total. The van der Waals surface area contributed by atoms with E-state index in [9.17, 15) is 0 Å². The van der Waals surface area contributed by atoms with Crippen LogP contribution in [0.2, 0.25) is 0 Å². The van der Waals surface area contributed by atoms with Crippen LogP contribution in [0.5, 0.6) is 0 Å². The predicted octanol–water partition coefficient (Wildman–Crippen LogP) is 4.10. The summed E-state index contributed by atoms with van der Waals surface area (Å²) in [5, 5.41) is 9.82. The van der Waals surface area contributed by atoms with Crippen molar-refractivity contribution in [1.29, 1.82) is 0 Å². The third-order valence-corrected chi connectivity index (χ3v) is 4.58. The van der Waals surface area contributed by atoms with Crippen molar-refractivity contribution in [2.75, 3.05) is 5.32 Å². The average Bonchev–Trinajstić information content (AvgIpc) is 2.50. The number of anilines is 1. The summed E-state index contributed by atoms with van der Waals surface area (Å²) in [6.45, 7) is 2.31. The third-order valence-electron chi connectivity index (χ3n) is 4.36. The van der Waals surface area contributed by atoms with E-state index in [-0.39, 0.29) is 0 Å². The minimum atomic E-state index is 0.496. The fraction of sp³-hybridized carbons (Fsp3) is 0.412. The van der Waals surface area contributed by atoms with Gasteiger partial charge in [0.25, 0.3) is 0 Å². The molecule has 2 aromatic rings. The van der Waals surface area contributed by atoms with Crippen molar-refractivity contribution in [3.63, 3.8) is 0 Å². The lowest BCUT2D eigenvalue weighted by atomic mass is 9.86. The van der Waals surface area contributed by atoms with Crippen LogP contribution in [0.15, 0.2) is 36.7 Å². The maximum atomic E-state index is 5.49. The molecule has 21 heavy (non-hydrogen) atoms. The maximum Gasteiger partial charge on any atom is 0.171 e. The van der Waals surface area contributed by atoms with E-state index in [1.165, 1.54) is 25.7 Å². The molecule has 1 saturated carbocycles.